The normalized spacial score (nSPS) is 12.4. The minimum Gasteiger partial charge on any atom is -0.353 e. The average molecular weight is 371 g/mol. The van der Waals surface area contributed by atoms with Crippen LogP contribution in [0.25, 0.3) is 16.7 Å². The van der Waals surface area contributed by atoms with E-state index in [9.17, 15) is 9.59 Å². The molecule has 1 amide bonds. The zero-order valence-electron chi connectivity index (χ0n) is 14.8. The largest absolute Gasteiger partial charge is 0.353 e. The third-order valence-electron chi connectivity index (χ3n) is 4.14. The van der Waals surface area contributed by atoms with Crippen LogP contribution in [0.3, 0.4) is 0 Å². The molecule has 1 N–H and O–H groups in total. The molecule has 0 saturated heterocycles. The highest BCUT2D eigenvalue weighted by atomic mass is 32.2. The summed E-state index contributed by atoms with van der Waals surface area (Å²) < 4.78 is 3.35. The van der Waals surface area contributed by atoms with Crippen LogP contribution in [0, 0.1) is 0 Å². The van der Waals surface area contributed by atoms with Gasteiger partial charge in [-0.05, 0) is 25.5 Å². The van der Waals surface area contributed by atoms with Gasteiger partial charge in [0.25, 0.3) is 5.56 Å². The third-order valence-corrected chi connectivity index (χ3v) is 5.07. The molecule has 3 rings (SSSR count). The molecule has 26 heavy (non-hydrogen) atoms. The van der Waals surface area contributed by atoms with E-state index in [0.717, 1.165) is 11.9 Å². The Morgan fingerprint density at radius 3 is 2.88 bits per heavy atom. The number of amides is 1. The summed E-state index contributed by atoms with van der Waals surface area (Å²) in [6.07, 6.45) is 2.53. The summed E-state index contributed by atoms with van der Waals surface area (Å²) in [4.78, 5) is 24.8. The molecule has 2 aromatic heterocycles. The van der Waals surface area contributed by atoms with Gasteiger partial charge in [0.1, 0.15) is 0 Å². The number of para-hydroxylation sites is 1. The van der Waals surface area contributed by atoms with Crippen LogP contribution in [0.5, 0.6) is 0 Å². The number of carbonyl (C=O) groups is 1. The van der Waals surface area contributed by atoms with Crippen LogP contribution in [0.4, 0.5) is 0 Å². The van der Waals surface area contributed by atoms with Gasteiger partial charge in [0.05, 0.1) is 16.7 Å². The molecule has 3 aromatic rings. The molecule has 7 nitrogen and oxygen atoms in total. The Morgan fingerprint density at radius 1 is 1.38 bits per heavy atom. The standard InChI is InChI=1S/C18H21N5O2S/c1-4-10-22-16(25)13-8-6-7-9-14(13)23-17(22)20-21-18(23)26-11-15(24)19-12(3)5-2/h4,6-9,12H,1,5,10-11H2,2-3H3,(H,19,24). The molecule has 1 aromatic carbocycles. The summed E-state index contributed by atoms with van der Waals surface area (Å²) in [7, 11) is 0. The first-order chi connectivity index (χ1) is 12.6. The maximum atomic E-state index is 12.7. The molecule has 136 valence electrons. The van der Waals surface area contributed by atoms with Gasteiger partial charge in [0.2, 0.25) is 11.7 Å². The summed E-state index contributed by atoms with van der Waals surface area (Å²) in [5.74, 6) is 0.628. The van der Waals surface area contributed by atoms with E-state index in [1.54, 1.807) is 12.1 Å². The van der Waals surface area contributed by atoms with Crippen LogP contribution in [0.2, 0.25) is 0 Å². The van der Waals surface area contributed by atoms with Gasteiger partial charge in [0.15, 0.2) is 5.16 Å². The van der Waals surface area contributed by atoms with Crippen LogP contribution in [0.1, 0.15) is 20.3 Å². The van der Waals surface area contributed by atoms with Crippen molar-refractivity contribution < 1.29 is 4.79 Å². The number of hydrogen-bond acceptors (Lipinski definition) is 5. The van der Waals surface area contributed by atoms with E-state index >= 15 is 0 Å². The Hall–Kier alpha value is -2.61. The Balaban J connectivity index is 2.04. The predicted molar refractivity (Wildman–Crippen MR) is 104 cm³/mol. The lowest BCUT2D eigenvalue weighted by Crippen LogP contribution is -2.33. The Kier molecular flexibility index (Phi) is 5.41. The van der Waals surface area contributed by atoms with Crippen LogP contribution in [-0.4, -0.2) is 36.9 Å². The van der Waals surface area contributed by atoms with Gasteiger partial charge in [0, 0.05) is 12.6 Å². The summed E-state index contributed by atoms with van der Waals surface area (Å²) in [5, 5.41) is 12.5. The second-order valence-corrected chi connectivity index (χ2v) is 6.95. The second kappa shape index (κ2) is 7.74. The topological polar surface area (TPSA) is 81.3 Å². The predicted octanol–water partition coefficient (Wildman–Crippen LogP) is 2.24. The molecule has 0 aliphatic carbocycles. The number of thioether (sulfide) groups is 1. The number of aromatic nitrogens is 4. The molecule has 0 saturated carbocycles. The maximum Gasteiger partial charge on any atom is 0.263 e. The number of fused-ring (bicyclic) bond motifs is 3. The van der Waals surface area contributed by atoms with Gasteiger partial charge in [-0.1, -0.05) is 36.9 Å². The molecule has 0 aliphatic heterocycles. The van der Waals surface area contributed by atoms with Crippen molar-refractivity contribution in [2.24, 2.45) is 0 Å². The molecule has 0 spiro atoms. The lowest BCUT2D eigenvalue weighted by atomic mass is 10.2. The van der Waals surface area contributed by atoms with Crippen LogP contribution >= 0.6 is 11.8 Å². The monoisotopic (exact) mass is 371 g/mol. The molecule has 0 aliphatic rings. The van der Waals surface area contributed by atoms with Crippen molar-refractivity contribution >= 4 is 34.3 Å². The Morgan fingerprint density at radius 2 is 2.15 bits per heavy atom. The van der Waals surface area contributed by atoms with Crippen molar-refractivity contribution in [2.45, 2.75) is 38.0 Å². The number of rotatable bonds is 7. The van der Waals surface area contributed by atoms with E-state index in [-0.39, 0.29) is 23.3 Å². The molecular formula is C18H21N5O2S. The molecule has 0 bridgehead atoms. The number of allylic oxidation sites excluding steroid dienone is 1. The molecule has 1 unspecified atom stereocenters. The molecule has 0 radical (unpaired) electrons. The van der Waals surface area contributed by atoms with Gasteiger partial charge >= 0.3 is 0 Å². The Labute approximate surface area is 155 Å². The first kappa shape index (κ1) is 18.2. The van der Waals surface area contributed by atoms with E-state index in [1.165, 1.54) is 16.3 Å². The first-order valence-electron chi connectivity index (χ1n) is 8.46. The minimum absolute atomic E-state index is 0.0511. The van der Waals surface area contributed by atoms with Gasteiger partial charge in [-0.3, -0.25) is 18.6 Å². The van der Waals surface area contributed by atoms with Gasteiger partial charge in [-0.25, -0.2) is 0 Å². The van der Waals surface area contributed by atoms with E-state index in [0.29, 0.717) is 22.9 Å². The van der Waals surface area contributed by atoms with Crippen molar-refractivity contribution in [1.29, 1.82) is 0 Å². The van der Waals surface area contributed by atoms with E-state index in [2.05, 4.69) is 22.1 Å². The van der Waals surface area contributed by atoms with Crippen LogP contribution in [0.15, 0.2) is 46.9 Å². The number of nitrogens with one attached hydrogen (secondary N) is 1. The fourth-order valence-corrected chi connectivity index (χ4v) is 3.42. The lowest BCUT2D eigenvalue weighted by molar-refractivity contribution is -0.119. The van der Waals surface area contributed by atoms with Crippen molar-refractivity contribution in [3.05, 3.63) is 47.3 Å². The molecule has 0 fully saturated rings. The number of benzene rings is 1. The van der Waals surface area contributed by atoms with Gasteiger partial charge in [-0.15, -0.1) is 16.8 Å². The lowest BCUT2D eigenvalue weighted by Gasteiger charge is -2.11. The third kappa shape index (κ3) is 3.37. The van der Waals surface area contributed by atoms with Crippen molar-refractivity contribution in [3.8, 4) is 0 Å². The molecular weight excluding hydrogens is 350 g/mol. The van der Waals surface area contributed by atoms with E-state index < -0.39 is 0 Å². The average Bonchev–Trinajstić information content (AvgIpc) is 3.07. The highest BCUT2D eigenvalue weighted by Crippen LogP contribution is 2.21. The molecule has 8 heteroatoms. The van der Waals surface area contributed by atoms with Gasteiger partial charge in [-0.2, -0.15) is 0 Å². The fraction of sp³-hybridized carbons (Fsp3) is 0.333. The number of hydrogen-bond donors (Lipinski definition) is 1. The summed E-state index contributed by atoms with van der Waals surface area (Å²) in [5.41, 5.74) is 0.592. The van der Waals surface area contributed by atoms with E-state index in [1.807, 2.05) is 36.4 Å². The second-order valence-electron chi connectivity index (χ2n) is 6.01. The van der Waals surface area contributed by atoms with Crippen LogP contribution in [-0.2, 0) is 11.3 Å². The maximum absolute atomic E-state index is 12.7. The summed E-state index contributed by atoms with van der Waals surface area (Å²) in [6, 6.07) is 7.46. The number of nitrogens with zero attached hydrogens (tertiary/aromatic N) is 4. The van der Waals surface area contributed by atoms with Crippen molar-refractivity contribution in [1.82, 2.24) is 24.5 Å². The highest BCUT2D eigenvalue weighted by Gasteiger charge is 2.17. The highest BCUT2D eigenvalue weighted by molar-refractivity contribution is 7.99. The molecule has 2 heterocycles. The van der Waals surface area contributed by atoms with E-state index in [4.69, 9.17) is 0 Å². The summed E-state index contributed by atoms with van der Waals surface area (Å²) in [6.45, 7) is 8.04. The smallest absolute Gasteiger partial charge is 0.263 e. The zero-order valence-corrected chi connectivity index (χ0v) is 15.6. The molecule has 1 atom stereocenters. The van der Waals surface area contributed by atoms with Crippen molar-refractivity contribution in [2.75, 3.05) is 5.75 Å². The Bertz CT molecular complexity index is 1020. The van der Waals surface area contributed by atoms with Crippen LogP contribution < -0.4 is 10.9 Å². The summed E-state index contributed by atoms with van der Waals surface area (Å²) >= 11 is 1.30. The van der Waals surface area contributed by atoms with Crippen molar-refractivity contribution in [3.63, 3.8) is 0 Å². The van der Waals surface area contributed by atoms with Gasteiger partial charge < -0.3 is 5.32 Å². The fourth-order valence-electron chi connectivity index (χ4n) is 2.67. The number of carbonyl (C=O) groups excluding carboxylic acids is 1. The zero-order chi connectivity index (χ0) is 18.7. The minimum atomic E-state index is -0.133. The quantitative estimate of drug-likeness (QED) is 0.509. The SMILES string of the molecule is C=CCn1c(=O)c2ccccc2n2c(SCC(=O)NC(C)CC)nnc12. The first-order valence-corrected chi connectivity index (χ1v) is 9.45.